The van der Waals surface area contributed by atoms with Crippen LogP contribution in [0.15, 0.2) is 36.4 Å². The van der Waals surface area contributed by atoms with Gasteiger partial charge in [0.05, 0.1) is 11.6 Å². The molecule has 134 valence electrons. The van der Waals surface area contributed by atoms with Crippen LogP contribution in [-0.2, 0) is 13.0 Å². The van der Waals surface area contributed by atoms with Crippen molar-refractivity contribution in [2.24, 2.45) is 0 Å². The average molecular weight is 346 g/mol. The molecule has 0 unspecified atom stereocenters. The lowest BCUT2D eigenvalue weighted by atomic mass is 9.92. The van der Waals surface area contributed by atoms with E-state index in [1.165, 1.54) is 40.8 Å². The fraction of sp³-hybridized carbons (Fsp3) is 0.409. The highest BCUT2D eigenvalue weighted by Gasteiger charge is 2.20. The van der Waals surface area contributed by atoms with E-state index < -0.39 is 0 Å². The highest BCUT2D eigenvalue weighted by molar-refractivity contribution is 5.73. The van der Waals surface area contributed by atoms with Crippen LogP contribution in [0.5, 0.6) is 0 Å². The number of hydrogen-bond donors (Lipinski definition) is 2. The minimum Gasteiger partial charge on any atom is -0.382 e. The Hall–Kier alpha value is -2.35. The minimum absolute atomic E-state index is 0.549. The zero-order valence-corrected chi connectivity index (χ0v) is 15.4. The third-order valence-electron chi connectivity index (χ3n) is 5.64. The number of anilines is 1. The van der Waals surface area contributed by atoms with Crippen molar-refractivity contribution in [1.29, 1.82) is 5.26 Å². The molecule has 26 heavy (non-hydrogen) atoms. The Labute approximate surface area is 155 Å². The van der Waals surface area contributed by atoms with Gasteiger partial charge in [-0.3, -0.25) is 0 Å². The van der Waals surface area contributed by atoms with Crippen molar-refractivity contribution in [3.8, 4) is 17.2 Å². The fourth-order valence-electron chi connectivity index (χ4n) is 4.01. The molecule has 2 aliphatic heterocycles. The first-order valence-electron chi connectivity index (χ1n) is 9.55. The first kappa shape index (κ1) is 17.1. The van der Waals surface area contributed by atoms with Gasteiger partial charge in [-0.1, -0.05) is 18.2 Å². The second-order valence-corrected chi connectivity index (χ2v) is 7.50. The third-order valence-corrected chi connectivity index (χ3v) is 5.64. The number of nitriles is 1. The van der Waals surface area contributed by atoms with Crippen LogP contribution < -0.4 is 10.6 Å². The number of benzene rings is 2. The minimum atomic E-state index is 0.549. The van der Waals surface area contributed by atoms with Gasteiger partial charge >= 0.3 is 0 Å². The summed E-state index contributed by atoms with van der Waals surface area (Å²) in [6.07, 6.45) is 3.46. The fourth-order valence-corrected chi connectivity index (χ4v) is 4.01. The maximum Gasteiger partial charge on any atom is 0.0991 e. The molecule has 0 amide bonds. The van der Waals surface area contributed by atoms with Crippen LogP contribution in [0.3, 0.4) is 0 Å². The number of rotatable bonds is 3. The molecule has 4 nitrogen and oxygen atoms in total. The van der Waals surface area contributed by atoms with E-state index in [4.69, 9.17) is 5.26 Å². The maximum atomic E-state index is 9.03. The van der Waals surface area contributed by atoms with Crippen LogP contribution in [0.1, 0.15) is 29.5 Å². The van der Waals surface area contributed by atoms with Crippen molar-refractivity contribution < 1.29 is 0 Å². The molecule has 1 fully saturated rings. The molecule has 0 aliphatic carbocycles. The Balaban J connectivity index is 1.66. The second-order valence-electron chi connectivity index (χ2n) is 7.50. The Bertz CT molecular complexity index is 811. The summed E-state index contributed by atoms with van der Waals surface area (Å²) in [6.45, 7) is 4.30. The van der Waals surface area contributed by atoms with Gasteiger partial charge in [0.2, 0.25) is 0 Å². The third kappa shape index (κ3) is 3.60. The van der Waals surface area contributed by atoms with E-state index >= 15 is 0 Å². The van der Waals surface area contributed by atoms with Crippen molar-refractivity contribution in [3.63, 3.8) is 0 Å². The van der Waals surface area contributed by atoms with Crippen LogP contribution in [0, 0.1) is 11.3 Å². The van der Waals surface area contributed by atoms with Crippen LogP contribution >= 0.6 is 0 Å². The molecule has 1 saturated heterocycles. The lowest BCUT2D eigenvalue weighted by molar-refractivity contribution is 0.264. The molecule has 4 rings (SSSR count). The van der Waals surface area contributed by atoms with E-state index in [0.717, 1.165) is 32.6 Å². The monoisotopic (exact) mass is 346 g/mol. The number of nitrogens with zero attached hydrogens (tertiary/aromatic N) is 2. The van der Waals surface area contributed by atoms with Gasteiger partial charge in [0.25, 0.3) is 0 Å². The van der Waals surface area contributed by atoms with E-state index in [-0.39, 0.29) is 0 Å². The number of fused-ring (bicyclic) bond motifs is 1. The molecule has 4 heteroatoms. The van der Waals surface area contributed by atoms with E-state index in [1.54, 1.807) is 0 Å². The summed E-state index contributed by atoms with van der Waals surface area (Å²) in [6, 6.07) is 15.3. The molecule has 2 N–H and O–H groups in total. The zero-order chi connectivity index (χ0) is 17.9. The standard InChI is InChI=1S/C22H26N4/c1-26-10-7-20(8-11-26)25-22-13-19(12-18-6-9-24-15-21(18)22)17-4-2-16(14-23)3-5-17/h2-5,12-13,20,24-25H,6-11,15H2,1H3. The quantitative estimate of drug-likeness (QED) is 0.895. The van der Waals surface area contributed by atoms with E-state index in [9.17, 15) is 0 Å². The highest BCUT2D eigenvalue weighted by Crippen LogP contribution is 2.32. The van der Waals surface area contributed by atoms with Crippen molar-refractivity contribution in [2.45, 2.75) is 31.8 Å². The first-order chi connectivity index (χ1) is 12.7. The molecule has 0 radical (unpaired) electrons. The summed E-state index contributed by atoms with van der Waals surface area (Å²) in [5, 5.41) is 16.4. The predicted molar refractivity (Wildman–Crippen MR) is 106 cm³/mol. The van der Waals surface area contributed by atoms with Gasteiger partial charge in [0.15, 0.2) is 0 Å². The van der Waals surface area contributed by atoms with Gasteiger partial charge in [0.1, 0.15) is 0 Å². The van der Waals surface area contributed by atoms with Crippen molar-refractivity contribution >= 4 is 5.69 Å². The predicted octanol–water partition coefficient (Wildman–Crippen LogP) is 3.38. The Morgan fingerprint density at radius 2 is 1.88 bits per heavy atom. The Morgan fingerprint density at radius 3 is 2.62 bits per heavy atom. The number of likely N-dealkylation sites (tertiary alicyclic amines) is 1. The second kappa shape index (κ2) is 7.49. The van der Waals surface area contributed by atoms with Crippen LogP contribution in [-0.4, -0.2) is 37.6 Å². The lowest BCUT2D eigenvalue weighted by Crippen LogP contribution is -2.37. The Kier molecular flexibility index (Phi) is 4.92. The molecular weight excluding hydrogens is 320 g/mol. The summed E-state index contributed by atoms with van der Waals surface area (Å²) >= 11 is 0. The van der Waals surface area contributed by atoms with Gasteiger partial charge in [-0.15, -0.1) is 0 Å². The highest BCUT2D eigenvalue weighted by atomic mass is 15.1. The summed E-state index contributed by atoms with van der Waals surface area (Å²) in [4.78, 5) is 2.41. The van der Waals surface area contributed by atoms with E-state index in [2.05, 4.69) is 52.9 Å². The molecule has 2 heterocycles. The molecular formula is C22H26N4. The Morgan fingerprint density at radius 1 is 1.12 bits per heavy atom. The number of hydrogen-bond acceptors (Lipinski definition) is 4. The van der Waals surface area contributed by atoms with Gasteiger partial charge in [-0.05, 0) is 86.4 Å². The zero-order valence-electron chi connectivity index (χ0n) is 15.4. The summed E-state index contributed by atoms with van der Waals surface area (Å²) < 4.78 is 0. The lowest BCUT2D eigenvalue weighted by Gasteiger charge is -2.32. The molecule has 0 saturated carbocycles. The average Bonchev–Trinajstić information content (AvgIpc) is 2.69. The van der Waals surface area contributed by atoms with Crippen molar-refractivity contribution in [2.75, 3.05) is 32.0 Å². The number of nitrogens with one attached hydrogen (secondary N) is 2. The molecule has 2 aliphatic rings. The van der Waals surface area contributed by atoms with Gasteiger partial charge in [-0.2, -0.15) is 5.26 Å². The van der Waals surface area contributed by atoms with Gasteiger partial charge in [-0.25, -0.2) is 0 Å². The normalized spacial score (nSPS) is 18.2. The molecule has 0 spiro atoms. The van der Waals surface area contributed by atoms with Gasteiger partial charge < -0.3 is 15.5 Å². The molecule has 2 aromatic rings. The maximum absolute atomic E-state index is 9.03. The van der Waals surface area contributed by atoms with Crippen LogP contribution in [0.25, 0.3) is 11.1 Å². The molecule has 0 atom stereocenters. The smallest absolute Gasteiger partial charge is 0.0991 e. The van der Waals surface area contributed by atoms with Gasteiger partial charge in [0, 0.05) is 18.3 Å². The van der Waals surface area contributed by atoms with Crippen LogP contribution in [0.4, 0.5) is 5.69 Å². The topological polar surface area (TPSA) is 51.1 Å². The van der Waals surface area contributed by atoms with Crippen molar-refractivity contribution in [3.05, 3.63) is 53.1 Å². The first-order valence-corrected chi connectivity index (χ1v) is 9.55. The molecule has 0 aromatic heterocycles. The summed E-state index contributed by atoms with van der Waals surface area (Å²) in [7, 11) is 2.20. The number of piperidine rings is 1. The van der Waals surface area contributed by atoms with Crippen molar-refractivity contribution in [1.82, 2.24) is 10.2 Å². The molecule has 2 aromatic carbocycles. The summed E-state index contributed by atoms with van der Waals surface area (Å²) in [5.74, 6) is 0. The van der Waals surface area contributed by atoms with E-state index in [0.29, 0.717) is 11.6 Å². The van der Waals surface area contributed by atoms with E-state index in [1.807, 2.05) is 12.1 Å². The summed E-state index contributed by atoms with van der Waals surface area (Å²) in [5.41, 5.74) is 7.28. The SMILES string of the molecule is CN1CCC(Nc2cc(-c3ccc(C#N)cc3)cc3c2CNCC3)CC1. The van der Waals surface area contributed by atoms with Crippen LogP contribution in [0.2, 0.25) is 0 Å². The largest absolute Gasteiger partial charge is 0.382 e. The molecule has 0 bridgehead atoms.